The molecule has 0 radical (unpaired) electrons. The molecular formula is C18H34N6. The summed E-state index contributed by atoms with van der Waals surface area (Å²) in [4.78, 5) is 4.28. The molecule has 1 aliphatic heterocycles. The molecule has 1 aromatic rings. The van der Waals surface area contributed by atoms with Crippen LogP contribution in [-0.4, -0.2) is 40.9 Å². The van der Waals surface area contributed by atoms with E-state index in [1.165, 1.54) is 50.8 Å². The number of hydrogen-bond donors (Lipinski definition) is 2. The molecule has 2 rings (SSSR count). The Morgan fingerprint density at radius 2 is 1.88 bits per heavy atom. The van der Waals surface area contributed by atoms with Crippen LogP contribution >= 0.6 is 0 Å². The van der Waals surface area contributed by atoms with Gasteiger partial charge in [-0.25, -0.2) is 0 Å². The molecule has 0 aromatic carbocycles. The third kappa shape index (κ3) is 6.13. The number of aliphatic imine (C=N–C) groups is 1. The largest absolute Gasteiger partial charge is 0.356 e. The molecule has 0 spiro atoms. The maximum absolute atomic E-state index is 4.39. The fraction of sp³-hybridized carbons (Fsp3) is 0.833. The van der Waals surface area contributed by atoms with Crippen LogP contribution in [0.4, 0.5) is 0 Å². The lowest BCUT2D eigenvalue weighted by Gasteiger charge is -2.12. The van der Waals surface area contributed by atoms with Crippen LogP contribution in [0.1, 0.15) is 69.9 Å². The summed E-state index contributed by atoms with van der Waals surface area (Å²) in [5.74, 6) is 3.24. The first kappa shape index (κ1) is 18.7. The molecule has 0 saturated carbocycles. The normalized spacial score (nSPS) is 15.0. The zero-order valence-electron chi connectivity index (χ0n) is 15.5. The Labute approximate surface area is 146 Å². The molecule has 6 heteroatoms. The van der Waals surface area contributed by atoms with Gasteiger partial charge in [0.05, 0.1) is 0 Å². The van der Waals surface area contributed by atoms with E-state index in [-0.39, 0.29) is 0 Å². The van der Waals surface area contributed by atoms with Gasteiger partial charge in [-0.05, 0) is 25.7 Å². The minimum atomic E-state index is 0.909. The zero-order chi connectivity index (χ0) is 17.0. The molecule has 0 fully saturated rings. The van der Waals surface area contributed by atoms with Crippen molar-refractivity contribution in [1.82, 2.24) is 25.4 Å². The van der Waals surface area contributed by atoms with Gasteiger partial charge in [0.25, 0.3) is 0 Å². The Morgan fingerprint density at radius 3 is 2.67 bits per heavy atom. The van der Waals surface area contributed by atoms with Crippen molar-refractivity contribution in [3.05, 3.63) is 11.6 Å². The number of nitrogens with zero attached hydrogens (tertiary/aromatic N) is 4. The fourth-order valence-corrected chi connectivity index (χ4v) is 3.16. The quantitative estimate of drug-likeness (QED) is 0.414. The SMILES string of the molecule is CCCCCCNC(=NC)NCCCc1nnc2n1CCCCC2. The van der Waals surface area contributed by atoms with Gasteiger partial charge in [0.2, 0.25) is 0 Å². The van der Waals surface area contributed by atoms with E-state index < -0.39 is 0 Å². The monoisotopic (exact) mass is 334 g/mol. The van der Waals surface area contributed by atoms with E-state index >= 15 is 0 Å². The topological polar surface area (TPSA) is 67.1 Å². The number of fused-ring (bicyclic) bond motifs is 1. The second kappa shape index (κ2) is 11.0. The first-order valence-corrected chi connectivity index (χ1v) is 9.70. The lowest BCUT2D eigenvalue weighted by atomic mass is 10.2. The van der Waals surface area contributed by atoms with Gasteiger partial charge in [-0.3, -0.25) is 4.99 Å². The van der Waals surface area contributed by atoms with E-state index in [1.807, 2.05) is 7.05 Å². The van der Waals surface area contributed by atoms with Crippen molar-refractivity contribution in [2.75, 3.05) is 20.1 Å². The standard InChI is InChI=1S/C18H34N6/c1-3-4-5-8-13-20-18(19-2)21-14-10-12-17-23-22-16-11-7-6-9-15-24(16)17/h3-15H2,1-2H3,(H2,19,20,21). The number of guanidine groups is 1. The van der Waals surface area contributed by atoms with Gasteiger partial charge in [0, 0.05) is 39.5 Å². The van der Waals surface area contributed by atoms with E-state index in [2.05, 4.69) is 37.3 Å². The highest BCUT2D eigenvalue weighted by atomic mass is 15.3. The third-order valence-corrected chi connectivity index (χ3v) is 4.60. The molecule has 0 saturated heterocycles. The van der Waals surface area contributed by atoms with Crippen molar-refractivity contribution >= 4 is 5.96 Å². The molecule has 0 unspecified atom stereocenters. The van der Waals surface area contributed by atoms with Crippen LogP contribution in [0.5, 0.6) is 0 Å². The summed E-state index contributed by atoms with van der Waals surface area (Å²) in [6.45, 7) is 5.24. The summed E-state index contributed by atoms with van der Waals surface area (Å²) >= 11 is 0. The summed E-state index contributed by atoms with van der Waals surface area (Å²) in [6, 6.07) is 0. The predicted octanol–water partition coefficient (Wildman–Crippen LogP) is 2.68. The van der Waals surface area contributed by atoms with Crippen LogP contribution < -0.4 is 10.6 Å². The lowest BCUT2D eigenvalue weighted by Crippen LogP contribution is -2.38. The van der Waals surface area contributed by atoms with Gasteiger partial charge in [-0.1, -0.05) is 32.6 Å². The summed E-state index contributed by atoms with van der Waals surface area (Å²) in [6.07, 6.45) is 12.0. The number of nitrogens with one attached hydrogen (secondary N) is 2. The van der Waals surface area contributed by atoms with E-state index in [4.69, 9.17) is 0 Å². The highest BCUT2D eigenvalue weighted by molar-refractivity contribution is 5.79. The van der Waals surface area contributed by atoms with Gasteiger partial charge >= 0.3 is 0 Å². The molecule has 1 aromatic heterocycles. The van der Waals surface area contributed by atoms with E-state index in [9.17, 15) is 0 Å². The molecule has 0 atom stereocenters. The molecule has 0 aliphatic carbocycles. The number of rotatable bonds is 9. The van der Waals surface area contributed by atoms with Crippen molar-refractivity contribution < 1.29 is 0 Å². The fourth-order valence-electron chi connectivity index (χ4n) is 3.16. The average Bonchev–Trinajstić information content (AvgIpc) is 2.83. The minimum Gasteiger partial charge on any atom is -0.356 e. The molecule has 24 heavy (non-hydrogen) atoms. The van der Waals surface area contributed by atoms with Gasteiger partial charge < -0.3 is 15.2 Å². The maximum atomic E-state index is 4.39. The average molecular weight is 335 g/mol. The minimum absolute atomic E-state index is 0.909. The Hall–Kier alpha value is -1.59. The second-order valence-corrected chi connectivity index (χ2v) is 6.58. The molecule has 6 nitrogen and oxygen atoms in total. The Morgan fingerprint density at radius 1 is 1.04 bits per heavy atom. The molecular weight excluding hydrogens is 300 g/mol. The predicted molar refractivity (Wildman–Crippen MR) is 99.4 cm³/mol. The lowest BCUT2D eigenvalue weighted by molar-refractivity contribution is 0.593. The molecule has 1 aliphatic rings. The number of aryl methyl sites for hydroxylation is 2. The highest BCUT2D eigenvalue weighted by Crippen LogP contribution is 2.15. The van der Waals surface area contributed by atoms with E-state index in [0.29, 0.717) is 0 Å². The van der Waals surface area contributed by atoms with Gasteiger partial charge in [0.1, 0.15) is 11.6 Å². The Bertz CT molecular complexity index is 494. The van der Waals surface area contributed by atoms with Crippen molar-refractivity contribution in [3.63, 3.8) is 0 Å². The van der Waals surface area contributed by atoms with E-state index in [1.54, 1.807) is 0 Å². The first-order chi connectivity index (χ1) is 11.8. The summed E-state index contributed by atoms with van der Waals surface area (Å²) in [7, 11) is 1.83. The van der Waals surface area contributed by atoms with Crippen LogP contribution in [-0.2, 0) is 19.4 Å². The van der Waals surface area contributed by atoms with Crippen molar-refractivity contribution in [2.24, 2.45) is 4.99 Å². The molecule has 0 bridgehead atoms. The molecule has 2 heterocycles. The molecule has 2 N–H and O–H groups in total. The van der Waals surface area contributed by atoms with Gasteiger partial charge in [0.15, 0.2) is 5.96 Å². The number of unbranched alkanes of at least 4 members (excludes halogenated alkanes) is 3. The smallest absolute Gasteiger partial charge is 0.190 e. The van der Waals surface area contributed by atoms with Crippen LogP contribution in [0.15, 0.2) is 4.99 Å². The van der Waals surface area contributed by atoms with E-state index in [0.717, 1.165) is 50.7 Å². The van der Waals surface area contributed by atoms with Crippen LogP contribution in [0.2, 0.25) is 0 Å². The van der Waals surface area contributed by atoms with Gasteiger partial charge in [-0.2, -0.15) is 0 Å². The van der Waals surface area contributed by atoms with Crippen molar-refractivity contribution in [3.8, 4) is 0 Å². The second-order valence-electron chi connectivity index (χ2n) is 6.58. The van der Waals surface area contributed by atoms with Crippen molar-refractivity contribution in [2.45, 2.75) is 77.7 Å². The summed E-state index contributed by atoms with van der Waals surface area (Å²) in [5.41, 5.74) is 0. The van der Waals surface area contributed by atoms with Gasteiger partial charge in [-0.15, -0.1) is 10.2 Å². The summed E-state index contributed by atoms with van der Waals surface area (Å²) in [5, 5.41) is 15.5. The third-order valence-electron chi connectivity index (χ3n) is 4.60. The molecule has 136 valence electrons. The Kier molecular flexibility index (Phi) is 8.63. The van der Waals surface area contributed by atoms with Crippen molar-refractivity contribution in [1.29, 1.82) is 0 Å². The van der Waals surface area contributed by atoms with Crippen LogP contribution in [0.25, 0.3) is 0 Å². The van der Waals surface area contributed by atoms with Crippen LogP contribution in [0, 0.1) is 0 Å². The maximum Gasteiger partial charge on any atom is 0.190 e. The number of aromatic nitrogens is 3. The highest BCUT2D eigenvalue weighted by Gasteiger charge is 2.14. The first-order valence-electron chi connectivity index (χ1n) is 9.70. The molecule has 0 amide bonds. The Balaban J connectivity index is 1.64. The zero-order valence-corrected chi connectivity index (χ0v) is 15.5. The van der Waals surface area contributed by atoms with Crippen LogP contribution in [0.3, 0.4) is 0 Å². The number of hydrogen-bond acceptors (Lipinski definition) is 3. The summed E-state index contributed by atoms with van der Waals surface area (Å²) < 4.78 is 2.34.